The fourth-order valence-electron chi connectivity index (χ4n) is 4.06. The molecule has 0 aromatic heterocycles. The largest absolute Gasteiger partial charge is 0.462 e. The number of esters is 1. The first-order chi connectivity index (χ1) is 15.9. The average Bonchev–Trinajstić information content (AvgIpc) is 2.83. The van der Waals surface area contributed by atoms with Crippen LogP contribution in [0.15, 0.2) is 72.8 Å². The minimum atomic E-state index is -0.323. The van der Waals surface area contributed by atoms with Crippen LogP contribution >= 0.6 is 0 Å². The van der Waals surface area contributed by atoms with E-state index in [9.17, 15) is 4.79 Å². The molecule has 0 atom stereocenters. The van der Waals surface area contributed by atoms with E-state index >= 15 is 0 Å². The molecule has 0 fully saturated rings. The second kappa shape index (κ2) is 9.19. The van der Waals surface area contributed by atoms with Gasteiger partial charge in [-0.25, -0.2) is 4.79 Å². The maximum atomic E-state index is 11.8. The minimum Gasteiger partial charge on any atom is -0.462 e. The molecule has 0 radical (unpaired) electrons. The molecule has 0 N–H and O–H groups in total. The molecule has 0 saturated carbocycles. The molecule has 0 bridgehead atoms. The van der Waals surface area contributed by atoms with Crippen molar-refractivity contribution < 1.29 is 9.53 Å². The van der Waals surface area contributed by atoms with E-state index in [4.69, 9.17) is 10.00 Å². The van der Waals surface area contributed by atoms with E-state index in [0.29, 0.717) is 17.7 Å². The Bertz CT molecular complexity index is 1330. The molecule has 0 amide bonds. The van der Waals surface area contributed by atoms with Crippen LogP contribution in [0.5, 0.6) is 0 Å². The van der Waals surface area contributed by atoms with Crippen LogP contribution in [0.1, 0.15) is 70.9 Å². The zero-order valence-corrected chi connectivity index (χ0v) is 19.1. The molecule has 3 nitrogen and oxygen atoms in total. The zero-order chi connectivity index (χ0) is 23.4. The maximum Gasteiger partial charge on any atom is 0.338 e. The first-order valence-electron chi connectivity index (χ1n) is 11.1. The summed E-state index contributed by atoms with van der Waals surface area (Å²) in [6.45, 7) is 6.66. The number of benzene rings is 3. The van der Waals surface area contributed by atoms with Crippen molar-refractivity contribution in [1.29, 1.82) is 5.26 Å². The Hall–Kier alpha value is -4.08. The molecule has 162 valence electrons. The van der Waals surface area contributed by atoms with E-state index in [-0.39, 0.29) is 11.4 Å². The van der Waals surface area contributed by atoms with Crippen molar-refractivity contribution in [3.8, 4) is 17.9 Å². The number of fused-ring (bicyclic) bond motifs is 1. The Balaban J connectivity index is 1.66. The van der Waals surface area contributed by atoms with Gasteiger partial charge in [0.15, 0.2) is 0 Å². The molecule has 0 unspecified atom stereocenters. The number of hydrogen-bond donors (Lipinski definition) is 0. The van der Waals surface area contributed by atoms with Crippen LogP contribution in [0.4, 0.5) is 0 Å². The van der Waals surface area contributed by atoms with Crippen molar-refractivity contribution in [2.75, 3.05) is 6.61 Å². The zero-order valence-electron chi connectivity index (χ0n) is 19.1. The standard InChI is InChI=1S/C30H25NO2/c1-4-33-29(32)25-14-7-21(8-15-25)5-6-22-11-16-28-27(19-22)26(17-18-30(28,2)3)24-12-9-23(20-31)10-13-24/h7-17,19H,4,18H2,1-3H3. The number of nitrogens with zero attached hydrogens (tertiary/aromatic N) is 1. The van der Waals surface area contributed by atoms with Crippen molar-refractivity contribution in [3.63, 3.8) is 0 Å². The quantitative estimate of drug-likeness (QED) is 0.364. The van der Waals surface area contributed by atoms with E-state index in [1.807, 2.05) is 36.4 Å². The summed E-state index contributed by atoms with van der Waals surface area (Å²) in [6, 6.07) is 23.5. The predicted octanol–water partition coefficient (Wildman–Crippen LogP) is 6.25. The van der Waals surface area contributed by atoms with Crippen molar-refractivity contribution >= 4 is 11.5 Å². The number of hydrogen-bond acceptors (Lipinski definition) is 3. The van der Waals surface area contributed by atoms with Gasteiger partial charge in [-0.1, -0.05) is 50.0 Å². The van der Waals surface area contributed by atoms with Crippen LogP contribution in [-0.2, 0) is 10.2 Å². The third kappa shape index (κ3) is 4.74. The molecule has 0 heterocycles. The molecule has 0 aliphatic heterocycles. The summed E-state index contributed by atoms with van der Waals surface area (Å²) in [5.41, 5.74) is 7.75. The fraction of sp³-hybridized carbons (Fsp3) is 0.200. The summed E-state index contributed by atoms with van der Waals surface area (Å²) in [6.07, 6.45) is 3.24. The van der Waals surface area contributed by atoms with Crippen LogP contribution in [0.3, 0.4) is 0 Å². The third-order valence-corrected chi connectivity index (χ3v) is 5.93. The van der Waals surface area contributed by atoms with E-state index < -0.39 is 0 Å². The van der Waals surface area contributed by atoms with Gasteiger partial charge in [0.25, 0.3) is 0 Å². The lowest BCUT2D eigenvalue weighted by molar-refractivity contribution is 0.0526. The van der Waals surface area contributed by atoms with Gasteiger partial charge in [0.2, 0.25) is 0 Å². The first kappa shape index (κ1) is 22.1. The highest BCUT2D eigenvalue weighted by molar-refractivity contribution is 5.89. The lowest BCUT2D eigenvalue weighted by Gasteiger charge is -2.32. The number of nitriles is 1. The Morgan fingerprint density at radius 2 is 1.58 bits per heavy atom. The van der Waals surface area contributed by atoms with Crippen molar-refractivity contribution in [1.82, 2.24) is 0 Å². The molecule has 33 heavy (non-hydrogen) atoms. The number of rotatable bonds is 3. The molecule has 4 rings (SSSR count). The van der Waals surface area contributed by atoms with E-state index in [0.717, 1.165) is 23.1 Å². The second-order valence-corrected chi connectivity index (χ2v) is 8.70. The van der Waals surface area contributed by atoms with Gasteiger partial charge in [0.1, 0.15) is 0 Å². The first-order valence-corrected chi connectivity index (χ1v) is 11.1. The summed E-state index contributed by atoms with van der Waals surface area (Å²) in [5, 5.41) is 9.12. The Morgan fingerprint density at radius 1 is 0.939 bits per heavy atom. The number of ether oxygens (including phenoxy) is 1. The number of carbonyl (C=O) groups is 1. The Morgan fingerprint density at radius 3 is 2.24 bits per heavy atom. The summed E-state index contributed by atoms with van der Waals surface area (Å²) < 4.78 is 5.03. The number of carbonyl (C=O) groups excluding carboxylic acids is 1. The van der Waals surface area contributed by atoms with E-state index in [2.05, 4.69) is 56.0 Å². The van der Waals surface area contributed by atoms with Gasteiger partial charge in [-0.3, -0.25) is 0 Å². The smallest absolute Gasteiger partial charge is 0.338 e. The number of allylic oxidation sites excluding steroid dienone is 1. The summed E-state index contributed by atoms with van der Waals surface area (Å²) >= 11 is 0. The van der Waals surface area contributed by atoms with Crippen LogP contribution < -0.4 is 0 Å². The van der Waals surface area contributed by atoms with Gasteiger partial charge < -0.3 is 4.74 Å². The summed E-state index contributed by atoms with van der Waals surface area (Å²) in [4.78, 5) is 11.8. The van der Waals surface area contributed by atoms with Gasteiger partial charge >= 0.3 is 5.97 Å². The molecule has 3 aromatic carbocycles. The van der Waals surface area contributed by atoms with Gasteiger partial charge in [-0.05, 0) is 89.6 Å². The third-order valence-electron chi connectivity index (χ3n) is 5.93. The van der Waals surface area contributed by atoms with Crippen LogP contribution in [0.25, 0.3) is 5.57 Å². The van der Waals surface area contributed by atoms with Crippen molar-refractivity contribution in [2.24, 2.45) is 0 Å². The fourth-order valence-corrected chi connectivity index (χ4v) is 4.06. The van der Waals surface area contributed by atoms with Gasteiger partial charge in [0.05, 0.1) is 23.8 Å². The monoisotopic (exact) mass is 431 g/mol. The summed E-state index contributed by atoms with van der Waals surface area (Å²) in [7, 11) is 0. The highest BCUT2D eigenvalue weighted by Crippen LogP contribution is 2.41. The molecule has 1 aliphatic rings. The second-order valence-electron chi connectivity index (χ2n) is 8.70. The van der Waals surface area contributed by atoms with Crippen molar-refractivity contribution in [3.05, 3.63) is 112 Å². The highest BCUT2D eigenvalue weighted by atomic mass is 16.5. The molecule has 0 saturated heterocycles. The highest BCUT2D eigenvalue weighted by Gasteiger charge is 2.28. The molecule has 1 aliphatic carbocycles. The molecular formula is C30H25NO2. The van der Waals surface area contributed by atoms with E-state index in [1.54, 1.807) is 19.1 Å². The van der Waals surface area contributed by atoms with Crippen LogP contribution in [-0.4, -0.2) is 12.6 Å². The molecular weight excluding hydrogens is 406 g/mol. The van der Waals surface area contributed by atoms with Gasteiger partial charge in [0, 0.05) is 11.1 Å². The van der Waals surface area contributed by atoms with Gasteiger partial charge in [-0.15, -0.1) is 0 Å². The van der Waals surface area contributed by atoms with Gasteiger partial charge in [-0.2, -0.15) is 5.26 Å². The SMILES string of the molecule is CCOC(=O)c1ccc(C#Cc2ccc3c(c2)C(c2ccc(C#N)cc2)=CCC3(C)C)cc1. The lowest BCUT2D eigenvalue weighted by atomic mass is 9.72. The van der Waals surface area contributed by atoms with Crippen LogP contribution in [0, 0.1) is 23.2 Å². The Kier molecular flexibility index (Phi) is 6.16. The predicted molar refractivity (Wildman–Crippen MR) is 131 cm³/mol. The van der Waals surface area contributed by atoms with E-state index in [1.165, 1.54) is 16.7 Å². The summed E-state index contributed by atoms with van der Waals surface area (Å²) in [5.74, 6) is 6.14. The van der Waals surface area contributed by atoms with Crippen molar-refractivity contribution in [2.45, 2.75) is 32.6 Å². The normalized spacial score (nSPS) is 13.6. The topological polar surface area (TPSA) is 50.1 Å². The Labute approximate surface area is 195 Å². The maximum absolute atomic E-state index is 11.8. The van der Waals surface area contributed by atoms with Crippen LogP contribution in [0.2, 0.25) is 0 Å². The lowest BCUT2D eigenvalue weighted by Crippen LogP contribution is -2.22. The molecule has 3 heteroatoms. The average molecular weight is 432 g/mol. The molecule has 0 spiro atoms. The minimum absolute atomic E-state index is 0.0420. The molecule has 3 aromatic rings.